The van der Waals surface area contributed by atoms with Gasteiger partial charge >= 0.3 is 0 Å². The summed E-state index contributed by atoms with van der Waals surface area (Å²) in [6.45, 7) is -0.0204. The van der Waals surface area contributed by atoms with Gasteiger partial charge in [0.25, 0.3) is 0 Å². The number of carboxylic acid groups (broad SMARTS) is 1. The number of aliphatic carboxylic acids is 1. The molecule has 0 spiro atoms. The number of nitrogens with one attached hydrogen (secondary N) is 1. The first kappa shape index (κ1) is 19.8. The molecule has 1 aromatic heterocycles. The minimum atomic E-state index is -1.32. The van der Waals surface area contributed by atoms with Crippen LogP contribution in [0.2, 0.25) is 0 Å². The minimum Gasteiger partial charge on any atom is -0.545 e. The van der Waals surface area contributed by atoms with Crippen molar-refractivity contribution in [2.75, 3.05) is 26.3 Å². The summed E-state index contributed by atoms with van der Waals surface area (Å²) in [5.74, 6) is 0.469. The lowest BCUT2D eigenvalue weighted by Crippen LogP contribution is -2.18. The highest BCUT2D eigenvalue weighted by Crippen LogP contribution is 2.45. The smallest absolute Gasteiger partial charge is 0.231 e. The lowest BCUT2D eigenvalue weighted by molar-refractivity contribution is -0.297. The van der Waals surface area contributed by atoms with Gasteiger partial charge in [-0.25, -0.2) is 0 Å². The number of ether oxygens (including phenoxy) is 4. The van der Waals surface area contributed by atoms with Crippen LogP contribution in [0.15, 0.2) is 36.5 Å². The van der Waals surface area contributed by atoms with E-state index in [0.29, 0.717) is 56.4 Å². The van der Waals surface area contributed by atoms with E-state index >= 15 is 0 Å². The van der Waals surface area contributed by atoms with Crippen molar-refractivity contribution in [3.05, 3.63) is 47.7 Å². The van der Waals surface area contributed by atoms with Gasteiger partial charge < -0.3 is 34.2 Å². The number of aromatic nitrogens is 1. The number of rotatable bonds is 6. The second-order valence-electron chi connectivity index (χ2n) is 6.43. The molecule has 0 bridgehead atoms. The molecule has 156 valence electrons. The molecular weight excluding hydrogens is 402 g/mol. The minimum absolute atomic E-state index is 0.0204. The van der Waals surface area contributed by atoms with Crippen molar-refractivity contribution in [2.24, 2.45) is 0 Å². The predicted octanol–water partition coefficient (Wildman–Crippen LogP) is 2.36. The number of benzene rings is 2. The van der Waals surface area contributed by atoms with Gasteiger partial charge in [0, 0.05) is 23.2 Å². The van der Waals surface area contributed by atoms with Crippen molar-refractivity contribution in [1.82, 2.24) is 4.98 Å². The van der Waals surface area contributed by atoms with Crippen LogP contribution in [0.3, 0.4) is 0 Å². The molecule has 2 heterocycles. The largest absolute Gasteiger partial charge is 0.545 e. The Morgan fingerprint density at radius 3 is 2.68 bits per heavy atom. The van der Waals surface area contributed by atoms with E-state index in [1.54, 1.807) is 24.3 Å². The Kier molecular flexibility index (Phi) is 5.20. The van der Waals surface area contributed by atoms with Crippen LogP contribution in [-0.2, 0) is 4.79 Å². The zero-order chi connectivity index (χ0) is 22.0. The zero-order valence-electron chi connectivity index (χ0n) is 16.6. The number of carboxylic acids is 1. The van der Waals surface area contributed by atoms with E-state index in [0.717, 1.165) is 6.08 Å². The Bertz CT molecular complexity index is 1260. The topological polar surface area (TPSA) is 126 Å². The van der Waals surface area contributed by atoms with Crippen molar-refractivity contribution in [1.29, 1.82) is 5.26 Å². The standard InChI is InChI=1S/C22H17N3O6/c1-28-17-7-14-16(8-18(17)29-2)24-10-13(9-23)20(14)25-15-5-3-12(4-6-19(26)27)21-22(15)31-11-30-21/h3-8,10H,11H2,1-2H3,(H,24,25)(H,26,27)/p-1/b6-4+. The summed E-state index contributed by atoms with van der Waals surface area (Å²) in [5.41, 5.74) is 2.48. The van der Waals surface area contributed by atoms with Crippen molar-refractivity contribution < 1.29 is 28.8 Å². The summed E-state index contributed by atoms with van der Waals surface area (Å²) >= 11 is 0. The first-order valence-corrected chi connectivity index (χ1v) is 9.09. The molecule has 9 nitrogen and oxygen atoms in total. The van der Waals surface area contributed by atoms with Gasteiger partial charge in [-0.05, 0) is 30.4 Å². The fourth-order valence-electron chi connectivity index (χ4n) is 3.28. The normalized spacial score (nSPS) is 12.0. The summed E-state index contributed by atoms with van der Waals surface area (Å²) in [5, 5.41) is 24.2. The van der Waals surface area contributed by atoms with Gasteiger partial charge in [-0.3, -0.25) is 4.98 Å². The molecule has 0 aliphatic carbocycles. The number of methoxy groups -OCH3 is 2. The summed E-state index contributed by atoms with van der Waals surface area (Å²) < 4.78 is 21.8. The van der Waals surface area contributed by atoms with Gasteiger partial charge in [-0.15, -0.1) is 0 Å². The molecule has 31 heavy (non-hydrogen) atoms. The Morgan fingerprint density at radius 1 is 1.23 bits per heavy atom. The van der Waals surface area contributed by atoms with Gasteiger partial charge in [0.15, 0.2) is 23.0 Å². The van der Waals surface area contributed by atoms with Crippen molar-refractivity contribution >= 4 is 34.3 Å². The molecule has 0 fully saturated rings. The summed E-state index contributed by atoms with van der Waals surface area (Å²) in [7, 11) is 3.05. The molecule has 1 aliphatic heterocycles. The average Bonchev–Trinajstić information content (AvgIpc) is 3.28. The van der Waals surface area contributed by atoms with E-state index in [-0.39, 0.29) is 6.79 Å². The third-order valence-corrected chi connectivity index (χ3v) is 4.70. The Hall–Kier alpha value is -4.45. The van der Waals surface area contributed by atoms with Crippen molar-refractivity contribution in [2.45, 2.75) is 0 Å². The molecule has 0 saturated heterocycles. The Labute approximate surface area is 177 Å². The number of nitriles is 1. The highest BCUT2D eigenvalue weighted by Gasteiger charge is 2.23. The van der Waals surface area contributed by atoms with E-state index in [2.05, 4.69) is 16.4 Å². The van der Waals surface area contributed by atoms with E-state index in [4.69, 9.17) is 18.9 Å². The number of anilines is 2. The predicted molar refractivity (Wildman–Crippen MR) is 109 cm³/mol. The highest BCUT2D eigenvalue weighted by molar-refractivity contribution is 5.98. The Morgan fingerprint density at radius 2 is 1.97 bits per heavy atom. The van der Waals surface area contributed by atoms with Crippen LogP contribution >= 0.6 is 0 Å². The van der Waals surface area contributed by atoms with Gasteiger partial charge in [0.2, 0.25) is 6.79 Å². The third kappa shape index (κ3) is 3.62. The molecule has 0 radical (unpaired) electrons. The number of hydrogen-bond acceptors (Lipinski definition) is 9. The molecule has 4 rings (SSSR count). The number of carbonyl (C=O) groups excluding carboxylic acids is 1. The maximum absolute atomic E-state index is 10.7. The SMILES string of the molecule is COc1cc2ncc(C#N)c(Nc3ccc(/C=C/C(=O)[O-])c4c3OCO4)c2cc1OC. The van der Waals surface area contributed by atoms with Gasteiger partial charge in [0.1, 0.15) is 6.07 Å². The van der Waals surface area contributed by atoms with Crippen molar-refractivity contribution in [3.8, 4) is 29.1 Å². The molecular formula is C22H16N3O6-. The van der Waals surface area contributed by atoms with Crippen molar-refractivity contribution in [3.63, 3.8) is 0 Å². The fraction of sp³-hybridized carbons (Fsp3) is 0.136. The summed E-state index contributed by atoms with van der Waals surface area (Å²) in [4.78, 5) is 15.1. The number of carbonyl (C=O) groups is 1. The highest BCUT2D eigenvalue weighted by atomic mass is 16.7. The molecule has 1 aliphatic rings. The zero-order valence-corrected chi connectivity index (χ0v) is 16.6. The van der Waals surface area contributed by atoms with Gasteiger partial charge in [-0.2, -0.15) is 5.26 Å². The monoisotopic (exact) mass is 418 g/mol. The molecule has 2 aromatic carbocycles. The lowest BCUT2D eigenvalue weighted by Gasteiger charge is -2.15. The second kappa shape index (κ2) is 8.12. The second-order valence-corrected chi connectivity index (χ2v) is 6.43. The Balaban J connectivity index is 1.84. The number of nitrogens with zero attached hydrogens (tertiary/aromatic N) is 2. The van der Waals surface area contributed by atoms with E-state index in [9.17, 15) is 15.2 Å². The summed E-state index contributed by atoms with van der Waals surface area (Å²) in [6.07, 6.45) is 3.74. The van der Waals surface area contributed by atoms with E-state index in [1.165, 1.54) is 26.5 Å². The first-order valence-electron chi connectivity index (χ1n) is 9.09. The van der Waals surface area contributed by atoms with Crippen LogP contribution in [0.4, 0.5) is 11.4 Å². The molecule has 9 heteroatoms. The summed E-state index contributed by atoms with van der Waals surface area (Å²) in [6, 6.07) is 8.97. The van der Waals surface area contributed by atoms with E-state index < -0.39 is 5.97 Å². The van der Waals surface area contributed by atoms with Crippen LogP contribution in [-0.4, -0.2) is 32.0 Å². The van der Waals surface area contributed by atoms with Gasteiger partial charge in [-0.1, -0.05) is 0 Å². The first-order chi connectivity index (χ1) is 15.0. The van der Waals surface area contributed by atoms with Gasteiger partial charge in [0.05, 0.1) is 42.6 Å². The molecule has 3 aromatic rings. The number of hydrogen-bond donors (Lipinski definition) is 1. The van der Waals surface area contributed by atoms with Crippen LogP contribution in [0.5, 0.6) is 23.0 Å². The van der Waals surface area contributed by atoms with E-state index in [1.807, 2.05) is 0 Å². The quantitative estimate of drug-likeness (QED) is 0.600. The third-order valence-electron chi connectivity index (χ3n) is 4.70. The molecule has 0 atom stereocenters. The molecule has 1 N–H and O–H groups in total. The lowest BCUT2D eigenvalue weighted by atomic mass is 10.1. The van der Waals surface area contributed by atoms with Crippen LogP contribution < -0.4 is 29.4 Å². The molecule has 0 amide bonds. The number of pyridine rings is 1. The number of fused-ring (bicyclic) bond motifs is 2. The maximum atomic E-state index is 10.7. The van der Waals surface area contributed by atoms with Crippen LogP contribution in [0, 0.1) is 11.3 Å². The molecule has 0 saturated carbocycles. The average molecular weight is 418 g/mol. The van der Waals surface area contributed by atoms with Crippen LogP contribution in [0.25, 0.3) is 17.0 Å². The van der Waals surface area contributed by atoms with Crippen LogP contribution in [0.1, 0.15) is 11.1 Å². The maximum Gasteiger partial charge on any atom is 0.231 e. The molecule has 0 unspecified atom stereocenters. The fourth-order valence-corrected chi connectivity index (χ4v) is 3.28.